The summed E-state index contributed by atoms with van der Waals surface area (Å²) in [6.07, 6.45) is 7.06. The third-order valence-corrected chi connectivity index (χ3v) is 4.79. The van der Waals surface area contributed by atoms with E-state index in [1.807, 2.05) is 5.38 Å². The molecule has 4 nitrogen and oxygen atoms in total. The lowest BCUT2D eigenvalue weighted by atomic mass is 9.76. The quantitative estimate of drug-likeness (QED) is 0.870. The minimum Gasteiger partial charge on any atom is -0.350 e. The predicted molar refractivity (Wildman–Crippen MR) is 78.4 cm³/mol. The number of nitrogens with one attached hydrogen (secondary N) is 1. The maximum atomic E-state index is 12.0. The van der Waals surface area contributed by atoms with Crippen molar-refractivity contribution in [3.05, 3.63) is 16.1 Å². The molecule has 0 unspecified atom stereocenters. The normalized spacial score (nSPS) is 18.2. The zero-order chi connectivity index (χ0) is 13.7. The summed E-state index contributed by atoms with van der Waals surface area (Å²) in [6, 6.07) is 0. The number of carbonyl (C=O) groups is 1. The van der Waals surface area contributed by atoms with Crippen LogP contribution in [0.4, 0.5) is 0 Å². The molecule has 1 heterocycles. The van der Waals surface area contributed by atoms with E-state index in [9.17, 15) is 4.79 Å². The maximum Gasteiger partial charge on any atom is 0.270 e. The lowest BCUT2D eigenvalue weighted by Crippen LogP contribution is -2.37. The van der Waals surface area contributed by atoms with Gasteiger partial charge in [-0.1, -0.05) is 26.2 Å². The molecule has 2 rings (SSSR count). The van der Waals surface area contributed by atoms with Crippen LogP contribution in [0.3, 0.4) is 0 Å². The van der Waals surface area contributed by atoms with Gasteiger partial charge in [-0.2, -0.15) is 0 Å². The van der Waals surface area contributed by atoms with Crippen LogP contribution in [-0.4, -0.2) is 24.0 Å². The molecule has 0 aromatic carbocycles. The monoisotopic (exact) mass is 281 g/mol. The van der Waals surface area contributed by atoms with Gasteiger partial charge < -0.3 is 11.1 Å². The third-order valence-electron chi connectivity index (χ3n) is 3.88. The molecule has 1 amide bonds. The molecule has 0 bridgehead atoms. The molecule has 0 radical (unpaired) electrons. The molecule has 1 aliphatic carbocycles. The fourth-order valence-corrected chi connectivity index (χ4v) is 3.41. The van der Waals surface area contributed by atoms with Crippen LogP contribution >= 0.6 is 11.3 Å². The lowest BCUT2D eigenvalue weighted by Gasteiger charge is -2.33. The van der Waals surface area contributed by atoms with E-state index in [-0.39, 0.29) is 11.3 Å². The molecule has 0 atom stereocenters. The van der Waals surface area contributed by atoms with E-state index in [2.05, 4.69) is 17.2 Å². The second-order valence-electron chi connectivity index (χ2n) is 5.72. The van der Waals surface area contributed by atoms with Gasteiger partial charge in [-0.15, -0.1) is 11.3 Å². The Hall–Kier alpha value is -0.940. The first-order chi connectivity index (χ1) is 9.13. The summed E-state index contributed by atoms with van der Waals surface area (Å²) < 4.78 is 0. The van der Waals surface area contributed by atoms with E-state index < -0.39 is 0 Å². The summed E-state index contributed by atoms with van der Waals surface area (Å²) in [6.45, 7) is 3.61. The van der Waals surface area contributed by atoms with Crippen molar-refractivity contribution >= 4 is 17.2 Å². The summed E-state index contributed by atoms with van der Waals surface area (Å²) in [7, 11) is 0. The van der Waals surface area contributed by atoms with Crippen LogP contribution in [0.15, 0.2) is 5.38 Å². The number of nitrogens with zero attached hydrogens (tertiary/aromatic N) is 1. The second kappa shape index (κ2) is 6.48. The molecule has 0 aliphatic heterocycles. The summed E-state index contributed by atoms with van der Waals surface area (Å²) in [5.41, 5.74) is 6.29. The highest BCUT2D eigenvalue weighted by molar-refractivity contribution is 7.09. The Morgan fingerprint density at radius 2 is 2.21 bits per heavy atom. The van der Waals surface area contributed by atoms with Crippen molar-refractivity contribution < 1.29 is 4.79 Å². The van der Waals surface area contributed by atoms with Gasteiger partial charge in [-0.3, -0.25) is 4.79 Å². The van der Waals surface area contributed by atoms with Gasteiger partial charge in [0.15, 0.2) is 0 Å². The van der Waals surface area contributed by atoms with E-state index in [0.717, 1.165) is 18.0 Å². The van der Waals surface area contributed by atoms with Crippen LogP contribution in [0.2, 0.25) is 0 Å². The number of aromatic nitrogens is 1. The molecule has 1 fully saturated rings. The number of amides is 1. The maximum absolute atomic E-state index is 12.0. The van der Waals surface area contributed by atoms with Crippen molar-refractivity contribution in [2.45, 2.75) is 45.4 Å². The van der Waals surface area contributed by atoms with E-state index >= 15 is 0 Å². The molecule has 5 heteroatoms. The van der Waals surface area contributed by atoms with E-state index in [4.69, 9.17) is 5.73 Å². The first kappa shape index (κ1) is 14.5. The highest BCUT2D eigenvalue weighted by Gasteiger charge is 2.27. The smallest absolute Gasteiger partial charge is 0.270 e. The number of rotatable bonds is 5. The molecular weight excluding hydrogens is 258 g/mol. The minimum atomic E-state index is -0.0497. The highest BCUT2D eigenvalue weighted by atomic mass is 32.1. The van der Waals surface area contributed by atoms with Crippen LogP contribution in [-0.2, 0) is 6.42 Å². The SMILES string of the molecule is CC1(CNC(=O)c2csc(CCN)n2)CCCCC1. The van der Waals surface area contributed by atoms with Crippen LogP contribution in [0, 0.1) is 5.41 Å². The van der Waals surface area contributed by atoms with Crippen molar-refractivity contribution in [3.8, 4) is 0 Å². The fraction of sp³-hybridized carbons (Fsp3) is 0.714. The second-order valence-corrected chi connectivity index (χ2v) is 6.66. The standard InChI is InChI=1S/C14H23N3OS/c1-14(6-3-2-4-7-14)10-16-13(18)11-9-19-12(17-11)5-8-15/h9H,2-8,10,15H2,1H3,(H,16,18). The molecule has 3 N–H and O–H groups in total. The Balaban J connectivity index is 1.86. The van der Waals surface area contributed by atoms with Gasteiger partial charge in [0.05, 0.1) is 5.01 Å². The number of nitrogens with two attached hydrogens (primary N) is 1. The van der Waals surface area contributed by atoms with Crippen LogP contribution in [0.5, 0.6) is 0 Å². The molecule has 19 heavy (non-hydrogen) atoms. The summed E-state index contributed by atoms with van der Waals surface area (Å²) >= 11 is 1.51. The first-order valence-corrected chi connectivity index (χ1v) is 7.94. The van der Waals surface area contributed by atoms with Crippen LogP contribution in [0.1, 0.15) is 54.5 Å². The molecule has 0 spiro atoms. The molecule has 1 aromatic rings. The fourth-order valence-electron chi connectivity index (χ4n) is 2.62. The molecule has 1 aromatic heterocycles. The Labute approximate surface area is 118 Å². The van der Waals surface area contributed by atoms with Crippen molar-refractivity contribution in [3.63, 3.8) is 0 Å². The third kappa shape index (κ3) is 4.01. The summed E-state index contributed by atoms with van der Waals surface area (Å²) in [5, 5.41) is 5.80. The van der Waals surface area contributed by atoms with Gasteiger partial charge in [0.25, 0.3) is 5.91 Å². The largest absolute Gasteiger partial charge is 0.350 e. The number of thiazole rings is 1. The summed E-state index contributed by atoms with van der Waals surface area (Å²) in [4.78, 5) is 16.4. The molecule has 0 saturated heterocycles. The average Bonchev–Trinajstić information content (AvgIpc) is 2.86. The van der Waals surface area contributed by atoms with Gasteiger partial charge >= 0.3 is 0 Å². The Kier molecular flexibility index (Phi) is 4.93. The van der Waals surface area contributed by atoms with Crippen LogP contribution < -0.4 is 11.1 Å². The van der Waals surface area contributed by atoms with Gasteiger partial charge in [0.2, 0.25) is 0 Å². The molecule has 1 saturated carbocycles. The zero-order valence-corrected chi connectivity index (χ0v) is 12.4. The highest BCUT2D eigenvalue weighted by Crippen LogP contribution is 2.34. The Bertz CT molecular complexity index is 424. The van der Waals surface area contributed by atoms with Crippen molar-refractivity contribution in [2.24, 2.45) is 11.1 Å². The van der Waals surface area contributed by atoms with Gasteiger partial charge in [-0.25, -0.2) is 4.98 Å². The first-order valence-electron chi connectivity index (χ1n) is 7.06. The van der Waals surface area contributed by atoms with Crippen molar-refractivity contribution in [2.75, 3.05) is 13.1 Å². The molecular formula is C14H23N3OS. The van der Waals surface area contributed by atoms with Crippen molar-refractivity contribution in [1.29, 1.82) is 0 Å². The number of hydrogen-bond acceptors (Lipinski definition) is 4. The number of hydrogen-bond donors (Lipinski definition) is 2. The minimum absolute atomic E-state index is 0.0497. The van der Waals surface area contributed by atoms with Crippen LogP contribution in [0.25, 0.3) is 0 Å². The van der Waals surface area contributed by atoms with E-state index in [1.165, 1.54) is 43.4 Å². The van der Waals surface area contributed by atoms with E-state index in [1.54, 1.807) is 0 Å². The Morgan fingerprint density at radius 1 is 1.47 bits per heavy atom. The van der Waals surface area contributed by atoms with E-state index in [0.29, 0.717) is 12.2 Å². The van der Waals surface area contributed by atoms with Gasteiger partial charge in [0, 0.05) is 18.3 Å². The molecule has 106 valence electrons. The summed E-state index contributed by atoms with van der Waals surface area (Å²) in [5.74, 6) is -0.0497. The number of carbonyl (C=O) groups excluding carboxylic acids is 1. The molecule has 1 aliphatic rings. The zero-order valence-electron chi connectivity index (χ0n) is 11.6. The Morgan fingerprint density at radius 3 is 2.89 bits per heavy atom. The van der Waals surface area contributed by atoms with Gasteiger partial charge in [-0.05, 0) is 24.8 Å². The topological polar surface area (TPSA) is 68.0 Å². The van der Waals surface area contributed by atoms with Gasteiger partial charge in [0.1, 0.15) is 5.69 Å². The predicted octanol–water partition coefficient (Wildman–Crippen LogP) is 2.34. The van der Waals surface area contributed by atoms with Crippen molar-refractivity contribution in [1.82, 2.24) is 10.3 Å². The lowest BCUT2D eigenvalue weighted by molar-refractivity contribution is 0.0914. The average molecular weight is 281 g/mol.